The van der Waals surface area contributed by atoms with Crippen LogP contribution in [0.5, 0.6) is 0 Å². The average molecular weight is 350 g/mol. The van der Waals surface area contributed by atoms with Crippen LogP contribution in [0.2, 0.25) is 0 Å². The molecule has 2 nitrogen and oxygen atoms in total. The smallest absolute Gasteiger partial charge is 0.0715 e. The molecule has 0 spiro atoms. The minimum atomic E-state index is 1.08. The highest BCUT2D eigenvalue weighted by molar-refractivity contribution is 6.09. The van der Waals surface area contributed by atoms with Crippen molar-refractivity contribution in [2.75, 3.05) is 18.0 Å². The summed E-state index contributed by atoms with van der Waals surface area (Å²) in [5, 5.41) is 2.51. The van der Waals surface area contributed by atoms with Crippen LogP contribution in [0.3, 0.4) is 0 Å². The third-order valence-corrected chi connectivity index (χ3v) is 6.21. The normalized spacial score (nSPS) is 15.9. The summed E-state index contributed by atoms with van der Waals surface area (Å²) >= 11 is 0. The third-order valence-electron chi connectivity index (χ3n) is 6.21. The van der Waals surface area contributed by atoms with Crippen LogP contribution in [-0.4, -0.2) is 18.1 Å². The van der Waals surface area contributed by atoms with E-state index in [4.69, 9.17) is 4.98 Å². The maximum absolute atomic E-state index is 4.91. The molecule has 2 aliphatic rings. The summed E-state index contributed by atoms with van der Waals surface area (Å²) in [6.45, 7) is 2.45. The molecule has 3 heterocycles. The number of fused-ring (bicyclic) bond motifs is 2. The summed E-state index contributed by atoms with van der Waals surface area (Å²) < 4.78 is 0. The largest absolute Gasteiger partial charge is 0.371 e. The van der Waals surface area contributed by atoms with Crippen LogP contribution in [0.4, 0.5) is 5.69 Å². The predicted octanol–water partition coefficient (Wildman–Crippen LogP) is 5.75. The molecule has 3 aromatic carbocycles. The quantitative estimate of drug-likeness (QED) is 0.406. The maximum Gasteiger partial charge on any atom is 0.0715 e. The molecule has 132 valence electrons. The first-order chi connectivity index (χ1) is 13.4. The van der Waals surface area contributed by atoms with E-state index in [2.05, 4.69) is 65.6 Å². The molecule has 2 aliphatic heterocycles. The van der Waals surface area contributed by atoms with Crippen molar-refractivity contribution in [3.8, 4) is 11.1 Å². The van der Waals surface area contributed by atoms with Crippen molar-refractivity contribution in [2.45, 2.75) is 25.7 Å². The molecule has 2 heteroatoms. The van der Waals surface area contributed by atoms with E-state index in [0.29, 0.717) is 0 Å². The number of pyridine rings is 1. The number of aryl methyl sites for hydroxylation is 2. The number of aromatic nitrogens is 1. The Balaban J connectivity index is 1.70. The molecule has 0 saturated heterocycles. The Kier molecular flexibility index (Phi) is 3.28. The number of benzene rings is 3. The Hall–Kier alpha value is -2.87. The first-order valence-electron chi connectivity index (χ1n) is 10.1. The highest BCUT2D eigenvalue weighted by atomic mass is 15.1. The Bertz CT molecular complexity index is 1110. The Morgan fingerprint density at radius 2 is 1.26 bits per heavy atom. The van der Waals surface area contributed by atoms with E-state index in [-0.39, 0.29) is 0 Å². The van der Waals surface area contributed by atoms with Gasteiger partial charge in [-0.25, -0.2) is 4.98 Å². The summed E-state index contributed by atoms with van der Waals surface area (Å²) in [7, 11) is 0. The molecular formula is C25H22N2. The van der Waals surface area contributed by atoms with Gasteiger partial charge in [0, 0.05) is 35.1 Å². The molecule has 0 saturated carbocycles. The number of hydrogen-bond donors (Lipinski definition) is 0. The fourth-order valence-corrected chi connectivity index (χ4v) is 5.10. The zero-order chi connectivity index (χ0) is 17.8. The lowest BCUT2D eigenvalue weighted by Gasteiger charge is -2.37. The second kappa shape index (κ2) is 5.82. The number of nitrogens with zero attached hydrogens (tertiary/aromatic N) is 2. The van der Waals surface area contributed by atoms with Gasteiger partial charge in [-0.1, -0.05) is 36.4 Å². The number of rotatable bonds is 1. The van der Waals surface area contributed by atoms with Gasteiger partial charge in [0.15, 0.2) is 0 Å². The van der Waals surface area contributed by atoms with Crippen LogP contribution in [0.25, 0.3) is 32.9 Å². The Labute approximate surface area is 159 Å². The lowest BCUT2D eigenvalue weighted by atomic mass is 9.87. The number of anilines is 1. The van der Waals surface area contributed by atoms with Crippen molar-refractivity contribution in [3.05, 3.63) is 71.8 Å². The second-order valence-corrected chi connectivity index (χ2v) is 7.86. The zero-order valence-electron chi connectivity index (χ0n) is 15.4. The molecule has 1 aromatic heterocycles. The first-order valence-corrected chi connectivity index (χ1v) is 10.1. The lowest BCUT2D eigenvalue weighted by Crippen LogP contribution is -2.34. The summed E-state index contributed by atoms with van der Waals surface area (Å²) in [5.74, 6) is 0. The van der Waals surface area contributed by atoms with Gasteiger partial charge < -0.3 is 4.90 Å². The lowest BCUT2D eigenvalue weighted by molar-refractivity contribution is 0.634. The molecule has 0 aliphatic carbocycles. The second-order valence-electron chi connectivity index (χ2n) is 7.86. The van der Waals surface area contributed by atoms with E-state index in [1.807, 2.05) is 0 Å². The van der Waals surface area contributed by atoms with Crippen molar-refractivity contribution in [2.24, 2.45) is 0 Å². The molecule has 0 unspecified atom stereocenters. The van der Waals surface area contributed by atoms with E-state index < -0.39 is 0 Å². The van der Waals surface area contributed by atoms with Crippen molar-refractivity contribution < 1.29 is 0 Å². The molecule has 0 amide bonds. The summed E-state index contributed by atoms with van der Waals surface area (Å²) in [4.78, 5) is 7.52. The van der Waals surface area contributed by atoms with Crippen molar-refractivity contribution in [1.29, 1.82) is 0 Å². The van der Waals surface area contributed by atoms with Crippen LogP contribution in [0.15, 0.2) is 60.7 Å². The van der Waals surface area contributed by atoms with E-state index in [9.17, 15) is 0 Å². The van der Waals surface area contributed by atoms with Crippen LogP contribution >= 0.6 is 0 Å². The van der Waals surface area contributed by atoms with E-state index in [0.717, 1.165) is 11.0 Å². The molecule has 0 atom stereocenters. The van der Waals surface area contributed by atoms with Gasteiger partial charge in [0.2, 0.25) is 0 Å². The van der Waals surface area contributed by atoms with Gasteiger partial charge in [0.1, 0.15) is 0 Å². The summed E-state index contributed by atoms with van der Waals surface area (Å²) in [6, 6.07) is 22.1. The zero-order valence-corrected chi connectivity index (χ0v) is 15.4. The highest BCUT2D eigenvalue weighted by Crippen LogP contribution is 2.41. The third kappa shape index (κ3) is 2.29. The fourth-order valence-electron chi connectivity index (χ4n) is 5.10. The predicted molar refractivity (Wildman–Crippen MR) is 114 cm³/mol. The fraction of sp³-hybridized carbons (Fsp3) is 0.240. The van der Waals surface area contributed by atoms with Crippen molar-refractivity contribution in [1.82, 2.24) is 4.98 Å². The van der Waals surface area contributed by atoms with E-state index in [1.54, 1.807) is 16.8 Å². The van der Waals surface area contributed by atoms with Crippen LogP contribution in [0, 0.1) is 0 Å². The van der Waals surface area contributed by atoms with Gasteiger partial charge in [0.05, 0.1) is 11.0 Å². The van der Waals surface area contributed by atoms with Crippen molar-refractivity contribution in [3.63, 3.8) is 0 Å². The SMILES string of the molecule is c1ccc2c(-c3cc4c5c(c3)CCCN5CCC4)c3ccccc3nc2c1. The van der Waals surface area contributed by atoms with Crippen LogP contribution in [-0.2, 0) is 12.8 Å². The van der Waals surface area contributed by atoms with Crippen LogP contribution in [0.1, 0.15) is 24.0 Å². The molecule has 0 N–H and O–H groups in total. The molecule has 27 heavy (non-hydrogen) atoms. The Morgan fingerprint density at radius 1 is 0.704 bits per heavy atom. The van der Waals surface area contributed by atoms with Gasteiger partial charge in [-0.3, -0.25) is 0 Å². The maximum atomic E-state index is 4.91. The van der Waals surface area contributed by atoms with Gasteiger partial charge in [0.25, 0.3) is 0 Å². The number of para-hydroxylation sites is 2. The molecule has 0 bridgehead atoms. The molecule has 4 aromatic rings. The Morgan fingerprint density at radius 3 is 1.85 bits per heavy atom. The highest BCUT2D eigenvalue weighted by Gasteiger charge is 2.25. The summed E-state index contributed by atoms with van der Waals surface area (Å²) in [5.41, 5.74) is 9.49. The van der Waals surface area contributed by atoms with Crippen LogP contribution < -0.4 is 4.90 Å². The van der Waals surface area contributed by atoms with Gasteiger partial charge in [-0.15, -0.1) is 0 Å². The first kappa shape index (κ1) is 15.2. The average Bonchev–Trinajstić information content (AvgIpc) is 2.72. The minimum Gasteiger partial charge on any atom is -0.371 e. The van der Waals surface area contributed by atoms with Crippen molar-refractivity contribution >= 4 is 27.5 Å². The van der Waals surface area contributed by atoms with E-state index in [1.165, 1.54) is 60.7 Å². The molecule has 0 fully saturated rings. The summed E-state index contributed by atoms with van der Waals surface area (Å²) in [6.07, 6.45) is 4.95. The van der Waals surface area contributed by atoms with Gasteiger partial charge in [-0.05, 0) is 66.6 Å². The van der Waals surface area contributed by atoms with Gasteiger partial charge >= 0.3 is 0 Å². The van der Waals surface area contributed by atoms with Gasteiger partial charge in [-0.2, -0.15) is 0 Å². The molecule has 0 radical (unpaired) electrons. The molecular weight excluding hydrogens is 328 g/mol. The monoisotopic (exact) mass is 350 g/mol. The topological polar surface area (TPSA) is 16.1 Å². The molecule has 6 rings (SSSR count). The standard InChI is InChI=1S/C25H22N2/c1-3-11-22-20(9-1)24(21-10-2-4-12-23(21)26-22)19-15-17-7-5-13-27-14-6-8-18(16-19)25(17)27/h1-4,9-12,15-16H,5-8,13-14H2. The van der Waals surface area contributed by atoms with E-state index >= 15 is 0 Å². The minimum absolute atomic E-state index is 1.08. The number of hydrogen-bond acceptors (Lipinski definition) is 2.